The zero-order chi connectivity index (χ0) is 22.2. The van der Waals surface area contributed by atoms with E-state index in [1.807, 2.05) is 72.8 Å². The van der Waals surface area contributed by atoms with Crippen molar-refractivity contribution in [3.8, 4) is 22.8 Å². The lowest BCUT2D eigenvalue weighted by Crippen LogP contribution is -2.07. The summed E-state index contributed by atoms with van der Waals surface area (Å²) in [4.78, 5) is 12.4. The van der Waals surface area contributed by atoms with Gasteiger partial charge in [0.1, 0.15) is 30.4 Å². The van der Waals surface area contributed by atoms with Crippen LogP contribution in [0.25, 0.3) is 11.3 Å². The highest BCUT2D eigenvalue weighted by molar-refractivity contribution is 5.94. The third-order valence-electron chi connectivity index (χ3n) is 4.71. The van der Waals surface area contributed by atoms with Gasteiger partial charge in [0.2, 0.25) is 0 Å². The minimum atomic E-state index is -0.555. The average molecular weight is 429 g/mol. The molecule has 7 nitrogen and oxygen atoms in total. The van der Waals surface area contributed by atoms with Crippen LogP contribution in [0, 0.1) is 0 Å². The molecule has 0 aliphatic rings. The Bertz CT molecular complexity index is 1160. The Morgan fingerprint density at radius 3 is 2.16 bits per heavy atom. The van der Waals surface area contributed by atoms with E-state index in [9.17, 15) is 4.79 Å². The number of ether oxygens (including phenoxy) is 3. The molecule has 3 aromatic carbocycles. The van der Waals surface area contributed by atoms with E-state index in [1.54, 1.807) is 13.0 Å². The van der Waals surface area contributed by atoms with E-state index < -0.39 is 5.97 Å². The van der Waals surface area contributed by atoms with Gasteiger partial charge in [0.15, 0.2) is 5.69 Å². The van der Waals surface area contributed by atoms with Crippen LogP contribution in [0.4, 0.5) is 0 Å². The molecule has 0 bridgehead atoms. The first kappa shape index (κ1) is 21.1. The third-order valence-corrected chi connectivity index (χ3v) is 4.71. The summed E-state index contributed by atoms with van der Waals surface area (Å²) in [6.07, 6.45) is 0. The van der Waals surface area contributed by atoms with E-state index in [2.05, 4.69) is 15.4 Å². The minimum Gasteiger partial charge on any atom is -0.489 e. The summed E-state index contributed by atoms with van der Waals surface area (Å²) in [5.41, 5.74) is 3.09. The van der Waals surface area contributed by atoms with Gasteiger partial charge in [-0.25, -0.2) is 4.79 Å². The van der Waals surface area contributed by atoms with E-state index in [1.165, 1.54) is 0 Å². The maximum atomic E-state index is 12.4. The highest BCUT2D eigenvalue weighted by Gasteiger charge is 2.22. The number of hydrogen-bond donors (Lipinski definition) is 1. The molecule has 32 heavy (non-hydrogen) atoms. The molecule has 0 atom stereocenters. The first-order chi connectivity index (χ1) is 15.7. The number of nitrogens with zero attached hydrogens (tertiary/aromatic N) is 2. The number of carbonyl (C=O) groups is 1. The standard InChI is InChI=1S/C25H23N3O4/c1-2-30-25(29)24-23(26-28-27-24)21-15-20(31-16-18-9-5-3-6-10-18)13-14-22(21)32-17-19-11-7-4-8-12-19/h3-15H,2,16-17H2,1H3,(H,26,27,28). The Morgan fingerprint density at radius 1 is 0.844 bits per heavy atom. The molecule has 0 saturated heterocycles. The molecule has 0 aliphatic heterocycles. The van der Waals surface area contributed by atoms with Crippen LogP contribution in [0.3, 0.4) is 0 Å². The summed E-state index contributed by atoms with van der Waals surface area (Å²) in [5.74, 6) is 0.620. The van der Waals surface area contributed by atoms with Crippen molar-refractivity contribution in [2.75, 3.05) is 6.61 Å². The molecule has 0 unspecified atom stereocenters. The summed E-state index contributed by atoms with van der Waals surface area (Å²) >= 11 is 0. The minimum absolute atomic E-state index is 0.0941. The second kappa shape index (κ2) is 10.3. The molecule has 1 N–H and O–H groups in total. The number of nitrogens with one attached hydrogen (secondary N) is 1. The van der Waals surface area contributed by atoms with Gasteiger partial charge in [0.25, 0.3) is 0 Å². The molecule has 4 rings (SSSR count). The Hall–Kier alpha value is -4.13. The van der Waals surface area contributed by atoms with Gasteiger partial charge in [-0.3, -0.25) is 0 Å². The van der Waals surface area contributed by atoms with Crippen LogP contribution in [-0.4, -0.2) is 28.0 Å². The number of esters is 1. The predicted molar refractivity (Wildman–Crippen MR) is 119 cm³/mol. The number of aromatic amines is 1. The van der Waals surface area contributed by atoms with Crippen LogP contribution in [0.5, 0.6) is 11.5 Å². The van der Waals surface area contributed by atoms with E-state index in [-0.39, 0.29) is 12.3 Å². The molecular weight excluding hydrogens is 406 g/mol. The van der Waals surface area contributed by atoms with Gasteiger partial charge in [-0.1, -0.05) is 60.7 Å². The summed E-state index contributed by atoms with van der Waals surface area (Å²) in [7, 11) is 0. The molecule has 0 radical (unpaired) electrons. The van der Waals surface area contributed by atoms with E-state index in [0.29, 0.717) is 36.0 Å². The molecule has 4 aromatic rings. The number of aromatic nitrogens is 3. The van der Waals surface area contributed by atoms with Crippen molar-refractivity contribution < 1.29 is 19.0 Å². The molecule has 162 valence electrons. The fourth-order valence-corrected chi connectivity index (χ4v) is 3.15. The Kier molecular flexibility index (Phi) is 6.77. The summed E-state index contributed by atoms with van der Waals surface area (Å²) < 4.78 is 17.2. The topological polar surface area (TPSA) is 86.3 Å². The largest absolute Gasteiger partial charge is 0.489 e. The van der Waals surface area contributed by atoms with Crippen LogP contribution in [0.2, 0.25) is 0 Å². The van der Waals surface area contributed by atoms with Crippen molar-refractivity contribution in [2.45, 2.75) is 20.1 Å². The van der Waals surface area contributed by atoms with Crippen LogP contribution in [-0.2, 0) is 18.0 Å². The van der Waals surface area contributed by atoms with Crippen LogP contribution < -0.4 is 9.47 Å². The number of carbonyl (C=O) groups excluding carboxylic acids is 1. The lowest BCUT2D eigenvalue weighted by atomic mass is 10.1. The summed E-state index contributed by atoms with van der Waals surface area (Å²) in [5, 5.41) is 10.7. The number of benzene rings is 3. The lowest BCUT2D eigenvalue weighted by Gasteiger charge is -2.13. The van der Waals surface area contributed by atoms with Crippen molar-refractivity contribution in [3.63, 3.8) is 0 Å². The average Bonchev–Trinajstić information content (AvgIpc) is 3.33. The second-order valence-electron chi connectivity index (χ2n) is 6.95. The summed E-state index contributed by atoms with van der Waals surface area (Å²) in [6, 6.07) is 25.1. The summed E-state index contributed by atoms with van der Waals surface area (Å²) in [6.45, 7) is 2.76. The monoisotopic (exact) mass is 429 g/mol. The van der Waals surface area contributed by atoms with Crippen molar-refractivity contribution in [1.82, 2.24) is 15.4 Å². The molecule has 0 aliphatic carbocycles. The van der Waals surface area contributed by atoms with E-state index >= 15 is 0 Å². The zero-order valence-corrected chi connectivity index (χ0v) is 17.7. The van der Waals surface area contributed by atoms with Gasteiger partial charge >= 0.3 is 5.97 Å². The van der Waals surface area contributed by atoms with Crippen molar-refractivity contribution in [2.24, 2.45) is 0 Å². The maximum Gasteiger partial charge on any atom is 0.361 e. The van der Waals surface area contributed by atoms with Gasteiger partial charge in [-0.2, -0.15) is 10.3 Å². The SMILES string of the molecule is CCOC(=O)c1n[nH]nc1-c1cc(OCc2ccccc2)ccc1OCc1ccccc1. The van der Waals surface area contributed by atoms with Gasteiger partial charge in [0, 0.05) is 0 Å². The van der Waals surface area contributed by atoms with Crippen molar-refractivity contribution >= 4 is 5.97 Å². The van der Waals surface area contributed by atoms with Crippen LogP contribution in [0.15, 0.2) is 78.9 Å². The first-order valence-electron chi connectivity index (χ1n) is 10.3. The molecular formula is C25H23N3O4. The second-order valence-corrected chi connectivity index (χ2v) is 6.95. The molecule has 0 spiro atoms. The molecule has 0 saturated carbocycles. The molecule has 0 amide bonds. The van der Waals surface area contributed by atoms with Crippen LogP contribution in [0.1, 0.15) is 28.5 Å². The van der Waals surface area contributed by atoms with E-state index in [4.69, 9.17) is 14.2 Å². The fraction of sp³-hybridized carbons (Fsp3) is 0.160. The Morgan fingerprint density at radius 2 is 1.50 bits per heavy atom. The molecule has 1 aromatic heterocycles. The predicted octanol–water partition coefficient (Wildman–Crippen LogP) is 4.81. The molecule has 0 fully saturated rings. The lowest BCUT2D eigenvalue weighted by molar-refractivity contribution is 0.0520. The third kappa shape index (κ3) is 5.13. The van der Waals surface area contributed by atoms with Crippen LogP contribution >= 0.6 is 0 Å². The number of hydrogen-bond acceptors (Lipinski definition) is 6. The van der Waals surface area contributed by atoms with E-state index in [0.717, 1.165) is 11.1 Å². The molecule has 7 heteroatoms. The first-order valence-corrected chi connectivity index (χ1v) is 10.3. The van der Waals surface area contributed by atoms with Gasteiger partial charge < -0.3 is 14.2 Å². The maximum absolute atomic E-state index is 12.4. The highest BCUT2D eigenvalue weighted by atomic mass is 16.5. The van der Waals surface area contributed by atoms with Gasteiger partial charge in [-0.05, 0) is 36.2 Å². The Balaban J connectivity index is 1.63. The van der Waals surface area contributed by atoms with Gasteiger partial charge in [-0.15, -0.1) is 5.10 Å². The normalized spacial score (nSPS) is 10.5. The van der Waals surface area contributed by atoms with Crippen molar-refractivity contribution in [3.05, 3.63) is 95.7 Å². The fourth-order valence-electron chi connectivity index (χ4n) is 3.15. The molecule has 1 heterocycles. The van der Waals surface area contributed by atoms with Crippen molar-refractivity contribution in [1.29, 1.82) is 0 Å². The number of H-pyrrole nitrogens is 1. The zero-order valence-electron chi connectivity index (χ0n) is 17.7. The highest BCUT2D eigenvalue weighted by Crippen LogP contribution is 2.35. The Labute approximate surface area is 186 Å². The van der Waals surface area contributed by atoms with Gasteiger partial charge in [0.05, 0.1) is 12.2 Å². The quantitative estimate of drug-likeness (QED) is 0.385. The number of rotatable bonds is 9. The smallest absolute Gasteiger partial charge is 0.361 e.